The van der Waals surface area contributed by atoms with Gasteiger partial charge in [0.25, 0.3) is 0 Å². The van der Waals surface area contributed by atoms with Crippen LogP contribution < -0.4 is 15.1 Å². The molecule has 0 spiro atoms. The molecule has 0 fully saturated rings. The molecule has 17 heavy (non-hydrogen) atoms. The van der Waals surface area contributed by atoms with Crippen LogP contribution in [0.15, 0.2) is 21.3 Å². The van der Waals surface area contributed by atoms with Crippen molar-refractivity contribution >= 4 is 11.0 Å². The molecule has 0 unspecified atom stereocenters. The summed E-state index contributed by atoms with van der Waals surface area (Å²) >= 11 is 0. The maximum Gasteiger partial charge on any atom is 0.336 e. The molecule has 90 valence electrons. The van der Waals surface area contributed by atoms with Gasteiger partial charge in [0.2, 0.25) is 0 Å². The average molecular weight is 234 g/mol. The third kappa shape index (κ3) is 1.75. The Morgan fingerprint density at radius 1 is 1.06 bits per heavy atom. The summed E-state index contributed by atoms with van der Waals surface area (Å²) in [5, 5.41) is 0.811. The normalized spacial score (nSPS) is 10.6. The molecule has 0 bridgehead atoms. The fourth-order valence-corrected chi connectivity index (χ4v) is 1.96. The van der Waals surface area contributed by atoms with E-state index in [9.17, 15) is 4.79 Å². The zero-order chi connectivity index (χ0) is 12.6. The Balaban J connectivity index is 2.99. The molecule has 0 radical (unpaired) electrons. The van der Waals surface area contributed by atoms with E-state index in [0.717, 1.165) is 16.5 Å². The maximum atomic E-state index is 11.4. The summed E-state index contributed by atoms with van der Waals surface area (Å²) in [7, 11) is 3.15. The minimum atomic E-state index is -0.367. The number of hydrogen-bond acceptors (Lipinski definition) is 4. The maximum absolute atomic E-state index is 11.4. The van der Waals surface area contributed by atoms with Crippen molar-refractivity contribution in [1.29, 1.82) is 0 Å². The quantitative estimate of drug-likeness (QED) is 0.749. The molecule has 1 heterocycles. The monoisotopic (exact) mass is 234 g/mol. The summed E-state index contributed by atoms with van der Waals surface area (Å²) in [6, 6.07) is 3.25. The topological polar surface area (TPSA) is 48.7 Å². The number of methoxy groups -OCH3 is 2. The van der Waals surface area contributed by atoms with Crippen molar-refractivity contribution in [3.05, 3.63) is 33.7 Å². The first-order chi connectivity index (χ1) is 8.08. The first-order valence-electron chi connectivity index (χ1n) is 5.24. The first kappa shape index (κ1) is 11.5. The van der Waals surface area contributed by atoms with Crippen molar-refractivity contribution in [2.45, 2.75) is 13.8 Å². The lowest BCUT2D eigenvalue weighted by atomic mass is 10.1. The average Bonchev–Trinajstić information content (AvgIpc) is 2.30. The number of hydrogen-bond donors (Lipinski definition) is 0. The molecule has 0 saturated carbocycles. The Morgan fingerprint density at radius 3 is 2.29 bits per heavy atom. The van der Waals surface area contributed by atoms with Crippen molar-refractivity contribution in [2.75, 3.05) is 14.2 Å². The number of ether oxygens (including phenoxy) is 2. The summed E-state index contributed by atoms with van der Waals surface area (Å²) < 4.78 is 15.8. The molecule has 0 amide bonds. The van der Waals surface area contributed by atoms with Gasteiger partial charge >= 0.3 is 5.63 Å². The van der Waals surface area contributed by atoms with Crippen LogP contribution in [0.2, 0.25) is 0 Å². The van der Waals surface area contributed by atoms with Gasteiger partial charge in [-0.2, -0.15) is 0 Å². The highest BCUT2D eigenvalue weighted by Crippen LogP contribution is 2.36. The number of aryl methyl sites for hydroxylation is 2. The molecule has 1 aromatic carbocycles. The molecule has 0 aliphatic rings. The molecule has 1 aromatic heterocycles. The highest BCUT2D eigenvalue weighted by atomic mass is 16.5. The molecule has 0 atom stereocenters. The lowest BCUT2D eigenvalue weighted by Gasteiger charge is -2.12. The van der Waals surface area contributed by atoms with Gasteiger partial charge in [0.05, 0.1) is 19.6 Å². The van der Waals surface area contributed by atoms with Crippen molar-refractivity contribution in [3.8, 4) is 11.5 Å². The number of fused-ring (bicyclic) bond motifs is 1. The van der Waals surface area contributed by atoms with Gasteiger partial charge in [-0.15, -0.1) is 0 Å². The second-order valence-electron chi connectivity index (χ2n) is 3.86. The van der Waals surface area contributed by atoms with E-state index in [-0.39, 0.29) is 5.63 Å². The summed E-state index contributed by atoms with van der Waals surface area (Å²) in [5.41, 5.74) is 1.78. The van der Waals surface area contributed by atoms with Crippen molar-refractivity contribution in [2.24, 2.45) is 0 Å². The van der Waals surface area contributed by atoms with Crippen molar-refractivity contribution in [1.82, 2.24) is 0 Å². The van der Waals surface area contributed by atoms with Crippen LogP contribution in [0.4, 0.5) is 0 Å². The van der Waals surface area contributed by atoms with Gasteiger partial charge in [-0.05, 0) is 19.4 Å². The van der Waals surface area contributed by atoms with E-state index in [1.807, 2.05) is 13.8 Å². The van der Waals surface area contributed by atoms with Crippen LogP contribution in [0.25, 0.3) is 11.0 Å². The lowest BCUT2D eigenvalue weighted by Crippen LogP contribution is -2.01. The Bertz CT molecular complexity index is 625. The second-order valence-corrected chi connectivity index (χ2v) is 3.86. The molecule has 0 aliphatic heterocycles. The molecule has 2 aromatic rings. The van der Waals surface area contributed by atoms with Crippen LogP contribution in [0.5, 0.6) is 11.5 Å². The molecule has 0 saturated heterocycles. The van der Waals surface area contributed by atoms with E-state index in [4.69, 9.17) is 13.9 Å². The van der Waals surface area contributed by atoms with Crippen LogP contribution in [0.1, 0.15) is 11.1 Å². The Morgan fingerprint density at radius 2 is 1.71 bits per heavy atom. The highest BCUT2D eigenvalue weighted by molar-refractivity contribution is 5.90. The molecular formula is C13H14O4. The predicted molar refractivity (Wildman–Crippen MR) is 65.1 cm³/mol. The van der Waals surface area contributed by atoms with Gasteiger partial charge in [-0.3, -0.25) is 0 Å². The Labute approximate surface area is 98.8 Å². The summed E-state index contributed by atoms with van der Waals surface area (Å²) in [6.45, 7) is 3.71. The Hall–Kier alpha value is -1.97. The predicted octanol–water partition coefficient (Wildman–Crippen LogP) is 2.43. The third-order valence-corrected chi connectivity index (χ3v) is 2.82. The smallest absolute Gasteiger partial charge is 0.336 e. The minimum Gasteiger partial charge on any atom is -0.496 e. The van der Waals surface area contributed by atoms with Gasteiger partial charge in [-0.1, -0.05) is 0 Å². The second kappa shape index (κ2) is 4.13. The SMILES string of the molecule is COc1cc(OC)c2c(C)cc(=O)oc2c1C. The fourth-order valence-electron chi connectivity index (χ4n) is 1.96. The molecule has 4 nitrogen and oxygen atoms in total. The van der Waals surface area contributed by atoms with Crippen LogP contribution >= 0.6 is 0 Å². The zero-order valence-electron chi connectivity index (χ0n) is 10.3. The van der Waals surface area contributed by atoms with Gasteiger partial charge in [-0.25, -0.2) is 4.79 Å². The summed E-state index contributed by atoms with van der Waals surface area (Å²) in [4.78, 5) is 11.4. The first-order valence-corrected chi connectivity index (χ1v) is 5.24. The van der Waals surface area contributed by atoms with E-state index in [0.29, 0.717) is 17.1 Å². The van der Waals surface area contributed by atoms with Gasteiger partial charge in [0, 0.05) is 17.7 Å². The van der Waals surface area contributed by atoms with Gasteiger partial charge in [0.15, 0.2) is 0 Å². The van der Waals surface area contributed by atoms with Crippen molar-refractivity contribution in [3.63, 3.8) is 0 Å². The van der Waals surface area contributed by atoms with Crippen molar-refractivity contribution < 1.29 is 13.9 Å². The fraction of sp³-hybridized carbons (Fsp3) is 0.308. The summed E-state index contributed by atoms with van der Waals surface area (Å²) in [6.07, 6.45) is 0. The molecule has 2 rings (SSSR count). The van der Waals surface area contributed by atoms with E-state index >= 15 is 0 Å². The van der Waals surface area contributed by atoms with E-state index in [1.54, 1.807) is 20.3 Å². The van der Waals surface area contributed by atoms with E-state index < -0.39 is 0 Å². The molecule has 0 N–H and O–H groups in total. The molecule has 4 heteroatoms. The number of benzene rings is 1. The van der Waals surface area contributed by atoms with Crippen LogP contribution in [-0.4, -0.2) is 14.2 Å². The Kier molecular flexibility index (Phi) is 2.79. The zero-order valence-corrected chi connectivity index (χ0v) is 10.3. The van der Waals surface area contributed by atoms with Gasteiger partial charge < -0.3 is 13.9 Å². The molecule has 0 aliphatic carbocycles. The van der Waals surface area contributed by atoms with Crippen LogP contribution in [-0.2, 0) is 0 Å². The van der Waals surface area contributed by atoms with Crippen LogP contribution in [0, 0.1) is 13.8 Å². The standard InChI is InChI=1S/C13H14O4/c1-7-5-11(14)17-13-8(2)9(15-3)6-10(16-4)12(7)13/h5-6H,1-4H3. The molecular weight excluding hydrogens is 220 g/mol. The van der Waals surface area contributed by atoms with E-state index in [1.165, 1.54) is 6.07 Å². The minimum absolute atomic E-state index is 0.367. The van der Waals surface area contributed by atoms with E-state index in [2.05, 4.69) is 0 Å². The van der Waals surface area contributed by atoms with Crippen LogP contribution in [0.3, 0.4) is 0 Å². The highest BCUT2D eigenvalue weighted by Gasteiger charge is 2.15. The third-order valence-electron chi connectivity index (χ3n) is 2.82. The number of rotatable bonds is 2. The summed E-state index contributed by atoms with van der Waals surface area (Å²) in [5.74, 6) is 1.28. The lowest BCUT2D eigenvalue weighted by molar-refractivity contribution is 0.393. The largest absolute Gasteiger partial charge is 0.496 e. The van der Waals surface area contributed by atoms with Gasteiger partial charge in [0.1, 0.15) is 17.1 Å².